The molecule has 2 rings (SSSR count). The summed E-state index contributed by atoms with van der Waals surface area (Å²) < 4.78 is 22.3. The van der Waals surface area contributed by atoms with Crippen LogP contribution in [0.15, 0.2) is 109 Å². The summed E-state index contributed by atoms with van der Waals surface area (Å²) in [7, 11) is 0. The first-order chi connectivity index (χ1) is 30.9. The summed E-state index contributed by atoms with van der Waals surface area (Å²) in [5, 5.41) is 48.2. The third kappa shape index (κ3) is 29.7. The zero-order valence-electron chi connectivity index (χ0n) is 43.0. The largest absolute Gasteiger partial charge is 0.508 e. The molecular weight excluding hydrogens is 817 g/mol. The summed E-state index contributed by atoms with van der Waals surface area (Å²) >= 11 is 0. The third-order valence-corrected chi connectivity index (χ3v) is 10.3. The number of phenolic OH excluding ortho intramolecular Hbond substituents is 1. The fraction of sp³-hybridized carbons (Fsp3) is 0.607. The Morgan fingerprint density at radius 3 is 1.66 bits per heavy atom. The Hall–Kier alpha value is -3.54. The molecule has 3 unspecified atom stereocenters. The van der Waals surface area contributed by atoms with Crippen LogP contribution in [0.3, 0.4) is 0 Å². The lowest BCUT2D eigenvalue weighted by Gasteiger charge is -2.27. The smallest absolute Gasteiger partial charge is 0.119 e. The maximum Gasteiger partial charge on any atom is 0.119 e. The third-order valence-electron chi connectivity index (χ3n) is 10.3. The highest BCUT2D eigenvalue weighted by molar-refractivity contribution is 5.44. The van der Waals surface area contributed by atoms with Crippen LogP contribution < -0.4 is 4.74 Å². The van der Waals surface area contributed by atoms with Gasteiger partial charge in [-0.3, -0.25) is 0 Å². The minimum atomic E-state index is -0.640. The van der Waals surface area contributed by atoms with Gasteiger partial charge in [0.15, 0.2) is 0 Å². The standard InChI is InChI=1S/C29H48O6.C22H32O3.C3H8.C2H6/c1-6-24(29(4,5)25-13-15-26(30)16-14-25)12-11-19-34-21-27(31)20-33-17-9-7-8-10-18-35-22-28(32)23(2)3;1-6-8-18(9-7-14-23)22(4,5)19-10-12-21(13-11-19)25-16-20(24)15-17(2)3;1-3-2;1-2/h6,11-16,23,27-28,30-32H,7-10,17-22H2,1-5H3;6-13,17,20,23-24H,1,14-16H2,2-5H3;3H2,1-2H3;1-2H3/b12-11-,24-6+;9-7-,18-8+;;. The van der Waals surface area contributed by atoms with Crippen LogP contribution in [0.1, 0.15) is 140 Å². The molecule has 2 aromatic rings. The average molecular weight is 911 g/mol. The maximum atomic E-state index is 10.0. The molecule has 0 aliphatic heterocycles. The van der Waals surface area contributed by atoms with Crippen molar-refractivity contribution in [2.75, 3.05) is 52.9 Å². The van der Waals surface area contributed by atoms with Crippen molar-refractivity contribution in [3.8, 4) is 11.5 Å². The van der Waals surface area contributed by atoms with E-state index in [1.807, 2.05) is 95.3 Å². The van der Waals surface area contributed by atoms with Crippen molar-refractivity contribution < 1.29 is 44.5 Å². The highest BCUT2D eigenvalue weighted by atomic mass is 16.5. The van der Waals surface area contributed by atoms with Crippen LogP contribution in [-0.2, 0) is 25.0 Å². The van der Waals surface area contributed by atoms with Crippen LogP contribution in [0.5, 0.6) is 11.5 Å². The van der Waals surface area contributed by atoms with Gasteiger partial charge in [-0.05, 0) is 84.6 Å². The number of phenols is 1. The maximum absolute atomic E-state index is 10.0. The molecule has 0 aliphatic carbocycles. The Balaban J connectivity index is 0. The molecule has 2 aromatic carbocycles. The number of hydrogen-bond donors (Lipinski definition) is 5. The van der Waals surface area contributed by atoms with Crippen LogP contribution in [0.4, 0.5) is 0 Å². The molecule has 0 aromatic heterocycles. The highest BCUT2D eigenvalue weighted by Crippen LogP contribution is 2.34. The molecule has 0 amide bonds. The van der Waals surface area contributed by atoms with E-state index in [1.54, 1.807) is 24.3 Å². The van der Waals surface area contributed by atoms with Crippen LogP contribution in [-0.4, -0.2) is 96.7 Å². The minimum absolute atomic E-state index is 0.00996. The summed E-state index contributed by atoms with van der Waals surface area (Å²) in [5.41, 5.74) is 4.05. The van der Waals surface area contributed by atoms with Crippen molar-refractivity contribution in [1.82, 2.24) is 0 Å². The molecule has 3 atom stereocenters. The Kier molecular flexibility index (Phi) is 37.7. The van der Waals surface area contributed by atoms with E-state index in [0.29, 0.717) is 39.0 Å². The molecule has 0 heterocycles. The molecule has 0 fully saturated rings. The summed E-state index contributed by atoms with van der Waals surface area (Å²) in [5.74, 6) is 1.69. The summed E-state index contributed by atoms with van der Waals surface area (Å²) in [6, 6.07) is 15.2. The number of ether oxygens (including phenoxy) is 4. The number of aromatic hydroxyl groups is 1. The van der Waals surface area contributed by atoms with Gasteiger partial charge in [-0.15, -0.1) is 0 Å². The Morgan fingerprint density at radius 2 is 1.17 bits per heavy atom. The number of rotatable bonds is 29. The monoisotopic (exact) mass is 911 g/mol. The van der Waals surface area contributed by atoms with Gasteiger partial charge in [-0.25, -0.2) is 0 Å². The predicted octanol–water partition coefficient (Wildman–Crippen LogP) is 12.0. The Bertz CT molecular complexity index is 1550. The van der Waals surface area contributed by atoms with Crippen molar-refractivity contribution >= 4 is 0 Å². The fourth-order valence-electron chi connectivity index (χ4n) is 6.30. The number of aliphatic hydroxyl groups is 4. The van der Waals surface area contributed by atoms with Gasteiger partial charge >= 0.3 is 0 Å². The molecule has 9 heteroatoms. The van der Waals surface area contributed by atoms with E-state index >= 15 is 0 Å². The number of hydrogen-bond acceptors (Lipinski definition) is 9. The number of allylic oxidation sites excluding steroid dienone is 7. The Morgan fingerprint density at radius 1 is 0.677 bits per heavy atom. The molecule has 0 radical (unpaired) electrons. The second kappa shape index (κ2) is 38.6. The van der Waals surface area contributed by atoms with E-state index in [9.17, 15) is 20.4 Å². The number of aliphatic hydroxyl groups excluding tert-OH is 4. The molecule has 0 spiro atoms. The number of benzene rings is 2. The van der Waals surface area contributed by atoms with Gasteiger partial charge in [0.25, 0.3) is 0 Å². The second-order valence-corrected chi connectivity index (χ2v) is 17.8. The summed E-state index contributed by atoms with van der Waals surface area (Å²) in [6.07, 6.45) is 18.0. The Labute approximate surface area is 397 Å². The highest BCUT2D eigenvalue weighted by Gasteiger charge is 2.25. The predicted molar refractivity (Wildman–Crippen MR) is 274 cm³/mol. The molecule has 0 saturated carbocycles. The quantitative estimate of drug-likeness (QED) is 0.0399. The first kappa shape index (κ1) is 63.5. The van der Waals surface area contributed by atoms with Gasteiger partial charge in [-0.1, -0.05) is 176 Å². The normalized spacial score (nSPS) is 13.7. The van der Waals surface area contributed by atoms with E-state index < -0.39 is 12.2 Å². The molecular formula is C56H94O9. The molecule has 372 valence electrons. The van der Waals surface area contributed by atoms with Crippen LogP contribution in [0.25, 0.3) is 0 Å². The molecule has 9 nitrogen and oxygen atoms in total. The van der Waals surface area contributed by atoms with Crippen molar-refractivity contribution in [2.24, 2.45) is 11.8 Å². The van der Waals surface area contributed by atoms with Gasteiger partial charge < -0.3 is 44.5 Å². The zero-order valence-corrected chi connectivity index (χ0v) is 43.0. The van der Waals surface area contributed by atoms with Crippen molar-refractivity contribution in [1.29, 1.82) is 0 Å². The van der Waals surface area contributed by atoms with Crippen LogP contribution in [0, 0.1) is 11.8 Å². The van der Waals surface area contributed by atoms with Gasteiger partial charge in [0, 0.05) is 24.0 Å². The van der Waals surface area contributed by atoms with Crippen LogP contribution >= 0.6 is 0 Å². The van der Waals surface area contributed by atoms with Crippen molar-refractivity contribution in [3.63, 3.8) is 0 Å². The van der Waals surface area contributed by atoms with Crippen molar-refractivity contribution in [3.05, 3.63) is 120 Å². The molecule has 0 saturated heterocycles. The van der Waals surface area contributed by atoms with Gasteiger partial charge in [-0.2, -0.15) is 0 Å². The molecule has 0 bridgehead atoms. The zero-order chi connectivity index (χ0) is 49.7. The van der Waals surface area contributed by atoms with E-state index in [0.717, 1.165) is 60.1 Å². The molecule has 0 aliphatic rings. The topological polar surface area (TPSA) is 138 Å². The minimum Gasteiger partial charge on any atom is -0.508 e. The number of unbranched alkanes of at least 4 members (excludes halogenated alkanes) is 3. The van der Waals surface area contributed by atoms with E-state index in [-0.39, 0.29) is 48.4 Å². The average Bonchev–Trinajstić information content (AvgIpc) is 3.27. The van der Waals surface area contributed by atoms with Crippen molar-refractivity contribution in [2.45, 2.75) is 158 Å². The fourth-order valence-corrected chi connectivity index (χ4v) is 6.30. The molecule has 65 heavy (non-hydrogen) atoms. The molecule has 5 N–H and O–H groups in total. The lowest BCUT2D eigenvalue weighted by atomic mass is 9.77. The van der Waals surface area contributed by atoms with Gasteiger partial charge in [0.1, 0.15) is 24.2 Å². The van der Waals surface area contributed by atoms with E-state index in [1.165, 1.54) is 6.42 Å². The first-order valence-corrected chi connectivity index (χ1v) is 24.1. The SMILES string of the molecule is C/C=C(\C=C/COCC(O)COCCCCCCOCC(O)C(C)C)C(C)(C)c1ccc(O)cc1.C=C/C=C(\C=C/CO)C(C)(C)c1ccc(OCC(O)CC(C)C)cc1.CC.CCC. The lowest BCUT2D eigenvalue weighted by molar-refractivity contribution is -0.0139. The second-order valence-electron chi connectivity index (χ2n) is 17.8. The van der Waals surface area contributed by atoms with E-state index in [4.69, 9.17) is 24.1 Å². The van der Waals surface area contributed by atoms with Crippen LogP contribution in [0.2, 0.25) is 0 Å². The summed E-state index contributed by atoms with van der Waals surface area (Å²) in [6.45, 7) is 33.7. The first-order valence-electron chi connectivity index (χ1n) is 24.1. The van der Waals surface area contributed by atoms with E-state index in [2.05, 4.69) is 68.0 Å². The summed E-state index contributed by atoms with van der Waals surface area (Å²) in [4.78, 5) is 0. The van der Waals surface area contributed by atoms with Gasteiger partial charge in [0.2, 0.25) is 0 Å². The van der Waals surface area contributed by atoms with Gasteiger partial charge in [0.05, 0.1) is 45.2 Å². The lowest BCUT2D eigenvalue weighted by Crippen LogP contribution is -2.22.